The van der Waals surface area contributed by atoms with Crippen molar-refractivity contribution in [1.29, 1.82) is 0 Å². The quantitative estimate of drug-likeness (QED) is 0.452. The van der Waals surface area contributed by atoms with Gasteiger partial charge >= 0.3 is 0 Å². The second-order valence-corrected chi connectivity index (χ2v) is 7.56. The summed E-state index contributed by atoms with van der Waals surface area (Å²) in [5.41, 5.74) is 5.04. The molecule has 0 aliphatic rings. The molecule has 0 unspecified atom stereocenters. The molecule has 3 aromatic carbocycles. The number of rotatable bonds is 7. The average Bonchev–Trinajstić information content (AvgIpc) is 3.12. The molecule has 5 heteroatoms. The molecule has 1 N–H and O–H groups in total. The minimum absolute atomic E-state index is 0.0275. The second-order valence-electron chi connectivity index (χ2n) is 7.56. The summed E-state index contributed by atoms with van der Waals surface area (Å²) in [6, 6.07) is 21.8. The summed E-state index contributed by atoms with van der Waals surface area (Å²) >= 11 is 0. The van der Waals surface area contributed by atoms with E-state index in [1.165, 1.54) is 0 Å². The van der Waals surface area contributed by atoms with E-state index in [2.05, 4.69) is 28.2 Å². The number of amides is 1. The van der Waals surface area contributed by atoms with Gasteiger partial charge in [0.15, 0.2) is 0 Å². The lowest BCUT2D eigenvalue weighted by Gasteiger charge is -2.10. The molecular weight excluding hydrogens is 388 g/mol. The maximum atomic E-state index is 12.8. The zero-order valence-electron chi connectivity index (χ0n) is 18.0. The topological polar surface area (TPSA) is 52.5 Å². The van der Waals surface area contributed by atoms with E-state index in [0.29, 0.717) is 13.0 Å². The number of para-hydroxylation sites is 2. The molecule has 0 spiro atoms. The van der Waals surface area contributed by atoms with Gasteiger partial charge in [0, 0.05) is 35.4 Å². The molecule has 0 atom stereocenters. The Bertz CT molecular complexity index is 1200. The Labute approximate surface area is 182 Å². The fraction of sp³-hybridized carbons (Fsp3) is 0.192. The van der Waals surface area contributed by atoms with Crippen LogP contribution in [0.25, 0.3) is 10.9 Å². The van der Waals surface area contributed by atoms with Crippen molar-refractivity contribution in [1.82, 2.24) is 4.57 Å². The highest BCUT2D eigenvalue weighted by Crippen LogP contribution is 2.27. The number of fused-ring (bicyclic) bond motifs is 1. The Hall–Kier alpha value is -3.73. The molecule has 0 aliphatic heterocycles. The van der Waals surface area contributed by atoms with Crippen molar-refractivity contribution in [2.45, 2.75) is 19.9 Å². The van der Waals surface area contributed by atoms with Gasteiger partial charge in [-0.2, -0.15) is 0 Å². The molecule has 0 bridgehead atoms. The molecule has 5 nitrogen and oxygen atoms in total. The third-order valence-corrected chi connectivity index (χ3v) is 5.41. The van der Waals surface area contributed by atoms with Crippen molar-refractivity contribution in [3.63, 3.8) is 0 Å². The molecular formula is C26H26N2O3. The lowest BCUT2D eigenvalue weighted by Crippen LogP contribution is -2.15. The van der Waals surface area contributed by atoms with Gasteiger partial charge in [0.05, 0.1) is 20.6 Å². The predicted molar refractivity (Wildman–Crippen MR) is 124 cm³/mol. The molecule has 0 saturated heterocycles. The van der Waals surface area contributed by atoms with Crippen molar-refractivity contribution in [3.8, 4) is 11.5 Å². The van der Waals surface area contributed by atoms with Gasteiger partial charge in [-0.15, -0.1) is 0 Å². The van der Waals surface area contributed by atoms with Gasteiger partial charge in [0.2, 0.25) is 5.91 Å². The highest BCUT2D eigenvalue weighted by molar-refractivity contribution is 5.96. The van der Waals surface area contributed by atoms with E-state index in [-0.39, 0.29) is 5.91 Å². The molecule has 0 saturated carbocycles. The summed E-state index contributed by atoms with van der Waals surface area (Å²) in [4.78, 5) is 12.8. The Morgan fingerprint density at radius 3 is 2.32 bits per heavy atom. The van der Waals surface area contributed by atoms with Gasteiger partial charge < -0.3 is 19.4 Å². The molecule has 1 aromatic heterocycles. The Morgan fingerprint density at radius 2 is 1.61 bits per heavy atom. The summed E-state index contributed by atoms with van der Waals surface area (Å²) in [7, 11) is 3.30. The number of hydrogen-bond acceptors (Lipinski definition) is 3. The summed E-state index contributed by atoms with van der Waals surface area (Å²) in [5, 5.41) is 4.11. The average molecular weight is 415 g/mol. The Kier molecular flexibility index (Phi) is 5.94. The van der Waals surface area contributed by atoms with Gasteiger partial charge in [-0.3, -0.25) is 4.79 Å². The first kappa shape index (κ1) is 20.5. The van der Waals surface area contributed by atoms with Crippen molar-refractivity contribution in [2.24, 2.45) is 0 Å². The standard InChI is InChI=1S/C26H26N2O3/c1-18-8-4-6-10-24(18)27-26(29)14-20-17-28(25-11-7-5-9-23(20)25)16-19-12-21(30-2)15-22(13-19)31-3/h4-13,15,17H,14,16H2,1-3H3,(H,27,29). The summed E-state index contributed by atoms with van der Waals surface area (Å²) in [6.07, 6.45) is 2.37. The molecule has 4 rings (SSSR count). The number of aromatic nitrogens is 1. The largest absolute Gasteiger partial charge is 0.497 e. The third kappa shape index (κ3) is 4.56. The smallest absolute Gasteiger partial charge is 0.228 e. The Balaban J connectivity index is 1.62. The number of carbonyl (C=O) groups excluding carboxylic acids is 1. The number of carbonyl (C=O) groups is 1. The van der Waals surface area contributed by atoms with Crippen molar-refractivity contribution in [2.75, 3.05) is 19.5 Å². The van der Waals surface area contributed by atoms with Crippen LogP contribution in [0.15, 0.2) is 72.9 Å². The SMILES string of the molecule is COc1cc(Cn2cc(CC(=O)Nc3ccccc3C)c3ccccc32)cc(OC)c1. The molecule has 4 aromatic rings. The predicted octanol–water partition coefficient (Wildman–Crippen LogP) is 5.20. The maximum absolute atomic E-state index is 12.8. The van der Waals surface area contributed by atoms with Crippen LogP contribution < -0.4 is 14.8 Å². The van der Waals surface area contributed by atoms with Crippen LogP contribution in [-0.4, -0.2) is 24.7 Å². The summed E-state index contributed by atoms with van der Waals surface area (Å²) in [5.74, 6) is 1.48. The van der Waals surface area contributed by atoms with Crippen molar-refractivity contribution < 1.29 is 14.3 Å². The first-order valence-corrected chi connectivity index (χ1v) is 10.2. The number of hydrogen-bond donors (Lipinski definition) is 1. The number of anilines is 1. The van der Waals surface area contributed by atoms with E-state index >= 15 is 0 Å². The first-order valence-electron chi connectivity index (χ1n) is 10.2. The van der Waals surface area contributed by atoms with E-state index < -0.39 is 0 Å². The number of nitrogens with one attached hydrogen (secondary N) is 1. The molecule has 1 amide bonds. The van der Waals surface area contributed by atoms with Crippen LogP contribution in [-0.2, 0) is 17.8 Å². The van der Waals surface area contributed by atoms with Gasteiger partial charge in [-0.05, 0) is 47.9 Å². The van der Waals surface area contributed by atoms with E-state index in [1.807, 2.05) is 61.5 Å². The fourth-order valence-electron chi connectivity index (χ4n) is 3.83. The van der Waals surface area contributed by atoms with E-state index in [4.69, 9.17) is 9.47 Å². The van der Waals surface area contributed by atoms with Gasteiger partial charge in [-0.25, -0.2) is 0 Å². The molecule has 1 heterocycles. The summed E-state index contributed by atoms with van der Waals surface area (Å²) < 4.78 is 13.0. The minimum atomic E-state index is -0.0275. The lowest BCUT2D eigenvalue weighted by atomic mass is 10.1. The summed E-state index contributed by atoms with van der Waals surface area (Å²) in [6.45, 7) is 2.64. The third-order valence-electron chi connectivity index (χ3n) is 5.41. The fourth-order valence-corrected chi connectivity index (χ4v) is 3.83. The molecule has 0 radical (unpaired) electrons. The first-order chi connectivity index (χ1) is 15.1. The Morgan fingerprint density at radius 1 is 0.935 bits per heavy atom. The number of nitrogens with zero attached hydrogens (tertiary/aromatic N) is 1. The minimum Gasteiger partial charge on any atom is -0.497 e. The number of methoxy groups -OCH3 is 2. The molecule has 31 heavy (non-hydrogen) atoms. The monoisotopic (exact) mass is 414 g/mol. The van der Waals surface area contributed by atoms with E-state index in [0.717, 1.165) is 44.8 Å². The number of benzene rings is 3. The van der Waals surface area contributed by atoms with Crippen LogP contribution in [0.5, 0.6) is 11.5 Å². The number of aryl methyl sites for hydroxylation is 1. The lowest BCUT2D eigenvalue weighted by molar-refractivity contribution is -0.115. The van der Waals surface area contributed by atoms with Crippen LogP contribution in [0, 0.1) is 6.92 Å². The number of ether oxygens (including phenoxy) is 2. The highest BCUT2D eigenvalue weighted by atomic mass is 16.5. The maximum Gasteiger partial charge on any atom is 0.228 e. The van der Waals surface area contributed by atoms with Crippen LogP contribution in [0.4, 0.5) is 5.69 Å². The van der Waals surface area contributed by atoms with Gasteiger partial charge in [-0.1, -0.05) is 36.4 Å². The normalized spacial score (nSPS) is 10.8. The molecule has 158 valence electrons. The van der Waals surface area contributed by atoms with E-state index in [1.54, 1.807) is 14.2 Å². The van der Waals surface area contributed by atoms with Crippen LogP contribution in [0.3, 0.4) is 0 Å². The highest BCUT2D eigenvalue weighted by Gasteiger charge is 2.13. The zero-order valence-corrected chi connectivity index (χ0v) is 18.0. The van der Waals surface area contributed by atoms with Crippen LogP contribution in [0.2, 0.25) is 0 Å². The molecule has 0 fully saturated rings. The van der Waals surface area contributed by atoms with Gasteiger partial charge in [0.25, 0.3) is 0 Å². The molecule has 0 aliphatic carbocycles. The van der Waals surface area contributed by atoms with Crippen molar-refractivity contribution in [3.05, 3.63) is 89.6 Å². The second kappa shape index (κ2) is 8.96. The van der Waals surface area contributed by atoms with Crippen LogP contribution in [0.1, 0.15) is 16.7 Å². The van der Waals surface area contributed by atoms with Gasteiger partial charge in [0.1, 0.15) is 11.5 Å². The van der Waals surface area contributed by atoms with Crippen LogP contribution >= 0.6 is 0 Å². The van der Waals surface area contributed by atoms with Crippen molar-refractivity contribution >= 4 is 22.5 Å². The van der Waals surface area contributed by atoms with E-state index in [9.17, 15) is 4.79 Å². The zero-order chi connectivity index (χ0) is 21.8.